The fourth-order valence-corrected chi connectivity index (χ4v) is 2.38. The molecule has 3 nitrogen and oxygen atoms in total. The molecule has 1 aromatic heterocycles. The lowest BCUT2D eigenvalue weighted by Crippen LogP contribution is -2.07. The molecule has 0 aliphatic rings. The van der Waals surface area contributed by atoms with Crippen molar-refractivity contribution < 1.29 is 0 Å². The first-order valence-electron chi connectivity index (χ1n) is 7.35. The summed E-state index contributed by atoms with van der Waals surface area (Å²) in [6.45, 7) is 9.49. The van der Waals surface area contributed by atoms with Crippen LogP contribution in [0.2, 0.25) is 0 Å². The van der Waals surface area contributed by atoms with Crippen LogP contribution in [0.1, 0.15) is 44.7 Å². The van der Waals surface area contributed by atoms with Crippen molar-refractivity contribution in [2.75, 3.05) is 11.9 Å². The van der Waals surface area contributed by atoms with Crippen LogP contribution in [0.25, 0.3) is 11.3 Å². The fourth-order valence-electron chi connectivity index (χ4n) is 2.38. The van der Waals surface area contributed by atoms with Gasteiger partial charge in [-0.05, 0) is 24.8 Å². The van der Waals surface area contributed by atoms with Crippen LogP contribution in [-0.2, 0) is 6.42 Å². The standard InChI is InChI=1S/C17H23N3/c1-5-13-7-9-14(10-8-13)16-15(12(3)4)17(18-6-2)20-11-19-16/h7-12H,5-6H2,1-4H3,(H,18,19,20). The van der Waals surface area contributed by atoms with Crippen LogP contribution in [0.3, 0.4) is 0 Å². The van der Waals surface area contributed by atoms with Crippen LogP contribution >= 0.6 is 0 Å². The Kier molecular flexibility index (Phi) is 4.72. The number of nitrogens with one attached hydrogen (secondary N) is 1. The number of hydrogen-bond acceptors (Lipinski definition) is 3. The van der Waals surface area contributed by atoms with Crippen LogP contribution in [0.4, 0.5) is 5.82 Å². The largest absolute Gasteiger partial charge is 0.370 e. The number of nitrogens with zero attached hydrogens (tertiary/aromatic N) is 2. The fraction of sp³-hybridized carbons (Fsp3) is 0.412. The predicted molar refractivity (Wildman–Crippen MR) is 85.1 cm³/mol. The molecule has 0 bridgehead atoms. The first kappa shape index (κ1) is 14.5. The second kappa shape index (κ2) is 6.51. The van der Waals surface area contributed by atoms with Gasteiger partial charge in [0.25, 0.3) is 0 Å². The van der Waals surface area contributed by atoms with Gasteiger partial charge in [0.1, 0.15) is 12.1 Å². The summed E-state index contributed by atoms with van der Waals surface area (Å²) >= 11 is 0. The lowest BCUT2D eigenvalue weighted by atomic mass is 9.96. The summed E-state index contributed by atoms with van der Waals surface area (Å²) in [5, 5.41) is 3.34. The Balaban J connectivity index is 2.51. The minimum atomic E-state index is 0.381. The Labute approximate surface area is 121 Å². The van der Waals surface area contributed by atoms with E-state index in [1.54, 1.807) is 6.33 Å². The van der Waals surface area contributed by atoms with E-state index in [1.807, 2.05) is 0 Å². The minimum absolute atomic E-state index is 0.381. The smallest absolute Gasteiger partial charge is 0.133 e. The van der Waals surface area contributed by atoms with Gasteiger partial charge in [0, 0.05) is 17.7 Å². The van der Waals surface area contributed by atoms with Gasteiger partial charge in [-0.1, -0.05) is 45.0 Å². The molecular weight excluding hydrogens is 246 g/mol. The van der Waals surface area contributed by atoms with Gasteiger partial charge in [0.05, 0.1) is 5.69 Å². The second-order valence-corrected chi connectivity index (χ2v) is 5.22. The van der Waals surface area contributed by atoms with E-state index in [0.717, 1.165) is 30.0 Å². The normalized spacial score (nSPS) is 10.8. The number of aromatic nitrogens is 2. The lowest BCUT2D eigenvalue weighted by Gasteiger charge is -2.16. The van der Waals surface area contributed by atoms with Crippen molar-refractivity contribution in [3.8, 4) is 11.3 Å². The maximum atomic E-state index is 4.52. The number of aryl methyl sites for hydroxylation is 1. The van der Waals surface area contributed by atoms with Crippen LogP contribution in [0.5, 0.6) is 0 Å². The summed E-state index contributed by atoms with van der Waals surface area (Å²) in [5.74, 6) is 1.33. The topological polar surface area (TPSA) is 37.8 Å². The number of anilines is 1. The third kappa shape index (κ3) is 2.98. The van der Waals surface area contributed by atoms with Crippen molar-refractivity contribution in [3.05, 3.63) is 41.7 Å². The molecule has 0 saturated carbocycles. The molecule has 0 saturated heterocycles. The molecule has 2 rings (SSSR count). The molecule has 0 aliphatic heterocycles. The maximum absolute atomic E-state index is 4.52. The molecule has 0 fully saturated rings. The van der Waals surface area contributed by atoms with E-state index in [1.165, 1.54) is 11.1 Å². The van der Waals surface area contributed by atoms with Gasteiger partial charge < -0.3 is 5.32 Å². The van der Waals surface area contributed by atoms with E-state index in [-0.39, 0.29) is 0 Å². The van der Waals surface area contributed by atoms with Gasteiger partial charge in [0.15, 0.2) is 0 Å². The van der Waals surface area contributed by atoms with Crippen molar-refractivity contribution in [2.45, 2.75) is 40.0 Å². The van der Waals surface area contributed by atoms with Crippen molar-refractivity contribution in [3.63, 3.8) is 0 Å². The summed E-state index contributed by atoms with van der Waals surface area (Å²) in [5.41, 5.74) is 4.74. The van der Waals surface area contributed by atoms with Crippen molar-refractivity contribution in [2.24, 2.45) is 0 Å². The Hall–Kier alpha value is -1.90. The maximum Gasteiger partial charge on any atom is 0.133 e. The molecule has 0 spiro atoms. The molecule has 20 heavy (non-hydrogen) atoms. The average Bonchev–Trinajstić information content (AvgIpc) is 2.47. The lowest BCUT2D eigenvalue weighted by molar-refractivity contribution is 0.849. The highest BCUT2D eigenvalue weighted by Crippen LogP contribution is 2.31. The van der Waals surface area contributed by atoms with Crippen LogP contribution in [0.15, 0.2) is 30.6 Å². The SMILES string of the molecule is CCNc1ncnc(-c2ccc(CC)cc2)c1C(C)C. The molecule has 3 heteroatoms. The van der Waals surface area contributed by atoms with Crippen LogP contribution in [0, 0.1) is 0 Å². The highest BCUT2D eigenvalue weighted by molar-refractivity contribution is 5.69. The zero-order chi connectivity index (χ0) is 14.5. The zero-order valence-electron chi connectivity index (χ0n) is 12.8. The first-order chi connectivity index (χ1) is 9.67. The molecule has 0 radical (unpaired) electrons. The molecule has 0 unspecified atom stereocenters. The second-order valence-electron chi connectivity index (χ2n) is 5.22. The van der Waals surface area contributed by atoms with Crippen molar-refractivity contribution in [1.82, 2.24) is 9.97 Å². The van der Waals surface area contributed by atoms with E-state index in [9.17, 15) is 0 Å². The summed E-state index contributed by atoms with van der Waals surface area (Å²) in [7, 11) is 0. The van der Waals surface area contributed by atoms with E-state index >= 15 is 0 Å². The predicted octanol–water partition coefficient (Wildman–Crippen LogP) is 4.26. The monoisotopic (exact) mass is 269 g/mol. The van der Waals surface area contributed by atoms with Gasteiger partial charge in [-0.25, -0.2) is 9.97 Å². The Morgan fingerprint density at radius 3 is 2.30 bits per heavy atom. The highest BCUT2D eigenvalue weighted by Gasteiger charge is 2.15. The molecule has 0 amide bonds. The van der Waals surface area contributed by atoms with Crippen molar-refractivity contribution >= 4 is 5.82 Å². The Morgan fingerprint density at radius 1 is 1.05 bits per heavy atom. The molecule has 1 N–H and O–H groups in total. The quantitative estimate of drug-likeness (QED) is 0.881. The molecule has 106 valence electrons. The molecule has 0 atom stereocenters. The third-order valence-electron chi connectivity index (χ3n) is 3.44. The van der Waals surface area contributed by atoms with Gasteiger partial charge in [-0.3, -0.25) is 0 Å². The third-order valence-corrected chi connectivity index (χ3v) is 3.44. The average molecular weight is 269 g/mol. The van der Waals surface area contributed by atoms with Gasteiger partial charge in [0.2, 0.25) is 0 Å². The summed E-state index contributed by atoms with van der Waals surface area (Å²) in [6, 6.07) is 8.66. The zero-order valence-corrected chi connectivity index (χ0v) is 12.8. The number of hydrogen-bond donors (Lipinski definition) is 1. The van der Waals surface area contributed by atoms with Crippen LogP contribution in [-0.4, -0.2) is 16.5 Å². The van der Waals surface area contributed by atoms with E-state index in [2.05, 4.69) is 67.2 Å². The number of benzene rings is 1. The summed E-state index contributed by atoms with van der Waals surface area (Å²) in [4.78, 5) is 8.90. The molecule has 1 aromatic carbocycles. The van der Waals surface area contributed by atoms with E-state index in [4.69, 9.17) is 0 Å². The van der Waals surface area contributed by atoms with E-state index in [0.29, 0.717) is 5.92 Å². The van der Waals surface area contributed by atoms with Gasteiger partial charge >= 0.3 is 0 Å². The summed E-state index contributed by atoms with van der Waals surface area (Å²) < 4.78 is 0. The van der Waals surface area contributed by atoms with Crippen molar-refractivity contribution in [1.29, 1.82) is 0 Å². The summed E-state index contributed by atoms with van der Waals surface area (Å²) in [6.07, 6.45) is 2.71. The Morgan fingerprint density at radius 2 is 1.75 bits per heavy atom. The highest BCUT2D eigenvalue weighted by atomic mass is 15.0. The minimum Gasteiger partial charge on any atom is -0.370 e. The van der Waals surface area contributed by atoms with Gasteiger partial charge in [-0.2, -0.15) is 0 Å². The van der Waals surface area contributed by atoms with Gasteiger partial charge in [-0.15, -0.1) is 0 Å². The molecule has 0 aliphatic carbocycles. The molecule has 1 heterocycles. The Bertz CT molecular complexity index is 559. The van der Waals surface area contributed by atoms with Crippen LogP contribution < -0.4 is 5.32 Å². The number of rotatable bonds is 5. The first-order valence-corrected chi connectivity index (χ1v) is 7.35. The molecular formula is C17H23N3. The van der Waals surface area contributed by atoms with E-state index < -0.39 is 0 Å². The molecule has 2 aromatic rings.